The summed E-state index contributed by atoms with van der Waals surface area (Å²) in [6.45, 7) is 2.26. The first-order valence-electron chi connectivity index (χ1n) is 8.03. The van der Waals surface area contributed by atoms with Gasteiger partial charge in [-0.25, -0.2) is 0 Å². The Balaban J connectivity index is 1.73. The van der Waals surface area contributed by atoms with E-state index in [-0.39, 0.29) is 0 Å². The molecule has 106 valence electrons. The SMILES string of the molecule is CCCCC/C=C/CCCc1ccc2ccccc2c1. The smallest absolute Gasteiger partial charge is 0.0181 e. The highest BCUT2D eigenvalue weighted by molar-refractivity contribution is 5.82. The van der Waals surface area contributed by atoms with Crippen LogP contribution < -0.4 is 0 Å². The van der Waals surface area contributed by atoms with Crippen molar-refractivity contribution < 1.29 is 0 Å². The molecule has 2 rings (SSSR count). The number of fused-ring (bicyclic) bond motifs is 1. The van der Waals surface area contributed by atoms with Crippen LogP contribution in [0.4, 0.5) is 0 Å². The van der Waals surface area contributed by atoms with Crippen LogP contribution in [0, 0.1) is 0 Å². The molecule has 0 saturated heterocycles. The fraction of sp³-hybridized carbons (Fsp3) is 0.400. The van der Waals surface area contributed by atoms with Crippen molar-refractivity contribution in [2.45, 2.75) is 51.9 Å². The average Bonchev–Trinajstić information content (AvgIpc) is 2.50. The minimum absolute atomic E-state index is 1.18. The maximum Gasteiger partial charge on any atom is -0.0181 e. The van der Waals surface area contributed by atoms with E-state index < -0.39 is 0 Å². The molecule has 0 saturated carbocycles. The topological polar surface area (TPSA) is 0 Å². The Morgan fingerprint density at radius 3 is 2.35 bits per heavy atom. The molecule has 2 aromatic carbocycles. The van der Waals surface area contributed by atoms with Gasteiger partial charge in [0, 0.05) is 0 Å². The van der Waals surface area contributed by atoms with Crippen molar-refractivity contribution in [1.82, 2.24) is 0 Å². The quantitative estimate of drug-likeness (QED) is 0.388. The first kappa shape index (κ1) is 14.8. The zero-order valence-corrected chi connectivity index (χ0v) is 12.6. The fourth-order valence-corrected chi connectivity index (χ4v) is 2.57. The van der Waals surface area contributed by atoms with Gasteiger partial charge in [-0.3, -0.25) is 0 Å². The van der Waals surface area contributed by atoms with Crippen molar-refractivity contribution in [3.8, 4) is 0 Å². The Morgan fingerprint density at radius 1 is 0.800 bits per heavy atom. The Labute approximate surface area is 123 Å². The number of hydrogen-bond acceptors (Lipinski definition) is 0. The second kappa shape index (κ2) is 8.58. The van der Waals surface area contributed by atoms with Gasteiger partial charge in [0.1, 0.15) is 0 Å². The predicted molar refractivity (Wildman–Crippen MR) is 90.2 cm³/mol. The highest BCUT2D eigenvalue weighted by Crippen LogP contribution is 2.17. The van der Waals surface area contributed by atoms with Crippen molar-refractivity contribution >= 4 is 10.8 Å². The van der Waals surface area contributed by atoms with Crippen LogP contribution in [0.5, 0.6) is 0 Å². The molecule has 0 aromatic heterocycles. The van der Waals surface area contributed by atoms with Gasteiger partial charge in [0.05, 0.1) is 0 Å². The van der Waals surface area contributed by atoms with Crippen molar-refractivity contribution in [2.24, 2.45) is 0 Å². The zero-order chi connectivity index (χ0) is 14.0. The van der Waals surface area contributed by atoms with Crippen molar-refractivity contribution in [1.29, 1.82) is 0 Å². The fourth-order valence-electron chi connectivity index (χ4n) is 2.57. The lowest BCUT2D eigenvalue weighted by Gasteiger charge is -2.02. The van der Waals surface area contributed by atoms with Crippen LogP contribution >= 0.6 is 0 Å². The molecule has 0 aliphatic rings. The van der Waals surface area contributed by atoms with Crippen LogP contribution in [0.2, 0.25) is 0 Å². The van der Waals surface area contributed by atoms with Crippen molar-refractivity contribution in [2.75, 3.05) is 0 Å². The minimum atomic E-state index is 1.18. The molecule has 0 fully saturated rings. The van der Waals surface area contributed by atoms with Crippen molar-refractivity contribution in [3.63, 3.8) is 0 Å². The number of benzene rings is 2. The van der Waals surface area contributed by atoms with Gasteiger partial charge in [0.15, 0.2) is 0 Å². The molecule has 0 heteroatoms. The summed E-state index contributed by atoms with van der Waals surface area (Å²) in [6.07, 6.45) is 13.6. The number of allylic oxidation sites excluding steroid dienone is 2. The predicted octanol–water partition coefficient (Wildman–Crippen LogP) is 6.30. The normalized spacial score (nSPS) is 11.4. The standard InChI is InChI=1S/C20H26/c1-2-3-4-5-6-7-8-9-12-18-15-16-19-13-10-11-14-20(19)17-18/h6-7,10-11,13-17H,2-5,8-9,12H2,1H3/b7-6+. The summed E-state index contributed by atoms with van der Waals surface area (Å²) in [5.74, 6) is 0. The summed E-state index contributed by atoms with van der Waals surface area (Å²) in [4.78, 5) is 0. The summed E-state index contributed by atoms with van der Waals surface area (Å²) in [5, 5.41) is 2.70. The van der Waals surface area contributed by atoms with E-state index in [1.54, 1.807) is 0 Å². The molecule has 0 heterocycles. The summed E-state index contributed by atoms with van der Waals surface area (Å²) < 4.78 is 0. The van der Waals surface area contributed by atoms with E-state index in [1.165, 1.54) is 61.3 Å². The second-order valence-corrected chi connectivity index (χ2v) is 5.54. The lowest BCUT2D eigenvalue weighted by molar-refractivity contribution is 0.726. The van der Waals surface area contributed by atoms with Crippen LogP contribution in [0.1, 0.15) is 51.0 Å². The van der Waals surface area contributed by atoms with Gasteiger partial charge in [-0.1, -0.05) is 74.4 Å². The third-order valence-corrected chi connectivity index (χ3v) is 3.79. The van der Waals surface area contributed by atoms with Gasteiger partial charge in [0.25, 0.3) is 0 Å². The second-order valence-electron chi connectivity index (χ2n) is 5.54. The van der Waals surface area contributed by atoms with Gasteiger partial charge in [-0.2, -0.15) is 0 Å². The van der Waals surface area contributed by atoms with E-state index in [9.17, 15) is 0 Å². The molecular formula is C20H26. The molecule has 0 N–H and O–H groups in total. The van der Waals surface area contributed by atoms with Crippen molar-refractivity contribution in [3.05, 3.63) is 60.2 Å². The van der Waals surface area contributed by atoms with E-state index in [2.05, 4.69) is 61.5 Å². The third kappa shape index (κ3) is 4.85. The maximum absolute atomic E-state index is 2.36. The highest BCUT2D eigenvalue weighted by Gasteiger charge is 1.95. The van der Waals surface area contributed by atoms with Crippen LogP contribution in [0.3, 0.4) is 0 Å². The largest absolute Gasteiger partial charge is 0.0885 e. The first-order valence-corrected chi connectivity index (χ1v) is 8.03. The lowest BCUT2D eigenvalue weighted by Crippen LogP contribution is -1.85. The van der Waals surface area contributed by atoms with E-state index in [4.69, 9.17) is 0 Å². The van der Waals surface area contributed by atoms with Gasteiger partial charge in [0.2, 0.25) is 0 Å². The monoisotopic (exact) mass is 266 g/mol. The highest BCUT2D eigenvalue weighted by atomic mass is 14.0. The minimum Gasteiger partial charge on any atom is -0.0885 e. The maximum atomic E-state index is 2.36. The molecule has 0 aliphatic carbocycles. The molecule has 0 aliphatic heterocycles. The molecule has 20 heavy (non-hydrogen) atoms. The van der Waals surface area contributed by atoms with Gasteiger partial charge in [-0.15, -0.1) is 0 Å². The molecule has 0 nitrogen and oxygen atoms in total. The van der Waals surface area contributed by atoms with Crippen LogP contribution in [0.15, 0.2) is 54.6 Å². The third-order valence-electron chi connectivity index (χ3n) is 3.79. The molecule has 0 unspecified atom stereocenters. The zero-order valence-electron chi connectivity index (χ0n) is 12.6. The Bertz CT molecular complexity index is 536. The Kier molecular flexibility index (Phi) is 6.37. The molecule has 2 aromatic rings. The molecular weight excluding hydrogens is 240 g/mol. The summed E-state index contributed by atoms with van der Waals surface area (Å²) in [5.41, 5.74) is 1.46. The molecule has 0 amide bonds. The van der Waals surface area contributed by atoms with Crippen LogP contribution in [-0.4, -0.2) is 0 Å². The molecule has 0 radical (unpaired) electrons. The molecule has 0 atom stereocenters. The van der Waals surface area contributed by atoms with Gasteiger partial charge in [-0.05, 0) is 48.4 Å². The van der Waals surface area contributed by atoms with E-state index in [0.29, 0.717) is 0 Å². The van der Waals surface area contributed by atoms with E-state index >= 15 is 0 Å². The van der Waals surface area contributed by atoms with Gasteiger partial charge >= 0.3 is 0 Å². The first-order chi connectivity index (χ1) is 9.90. The van der Waals surface area contributed by atoms with E-state index in [0.717, 1.165) is 0 Å². The number of unbranched alkanes of at least 4 members (excludes halogenated alkanes) is 4. The number of aryl methyl sites for hydroxylation is 1. The average molecular weight is 266 g/mol. The summed E-state index contributed by atoms with van der Waals surface area (Å²) in [7, 11) is 0. The molecule has 0 spiro atoms. The van der Waals surface area contributed by atoms with E-state index in [1.807, 2.05) is 0 Å². The summed E-state index contributed by atoms with van der Waals surface area (Å²) >= 11 is 0. The lowest BCUT2D eigenvalue weighted by atomic mass is 10.0. The van der Waals surface area contributed by atoms with Crippen LogP contribution in [-0.2, 0) is 6.42 Å². The number of hydrogen-bond donors (Lipinski definition) is 0. The number of rotatable bonds is 8. The van der Waals surface area contributed by atoms with Gasteiger partial charge < -0.3 is 0 Å². The Hall–Kier alpha value is -1.56. The summed E-state index contributed by atoms with van der Waals surface area (Å²) in [6, 6.07) is 15.4. The molecule has 0 bridgehead atoms. The van der Waals surface area contributed by atoms with Crippen LogP contribution in [0.25, 0.3) is 10.8 Å². The Morgan fingerprint density at radius 2 is 1.55 bits per heavy atom.